The topological polar surface area (TPSA) is 122 Å². The Kier molecular flexibility index (Phi) is 10.9. The molecule has 0 saturated heterocycles. The molecule has 0 spiro atoms. The fourth-order valence-corrected chi connectivity index (χ4v) is 4.72. The number of hydrogen-bond acceptors (Lipinski definition) is 5. The molecule has 1 aromatic carbocycles. The van der Waals surface area contributed by atoms with Gasteiger partial charge in [0.25, 0.3) is 6.47 Å². The maximum Gasteiger partial charge on any atom is 0.290 e. The Morgan fingerprint density at radius 3 is 2.45 bits per heavy atom. The van der Waals surface area contributed by atoms with Gasteiger partial charge in [-0.05, 0) is 30.7 Å². The normalized spacial score (nSPS) is 21.7. The second-order valence-corrected chi connectivity index (χ2v) is 9.25. The maximum atomic E-state index is 12.5. The molecule has 1 aliphatic carbocycles. The highest BCUT2D eigenvalue weighted by Gasteiger charge is 2.36. The van der Waals surface area contributed by atoms with E-state index >= 15 is 0 Å². The summed E-state index contributed by atoms with van der Waals surface area (Å²) in [6.07, 6.45) is 1.47. The second-order valence-electron chi connectivity index (χ2n) is 7.50. The van der Waals surface area contributed by atoms with Crippen molar-refractivity contribution in [2.45, 2.75) is 51.0 Å². The number of methoxy groups -OCH3 is 1. The molecule has 0 aliphatic heterocycles. The SMILES string of the molecule is CO[C@H]1C[C@@H](C(=O)NCC(C)C)CC[C@@H]1NS(=O)(=O)Cc1ccccc1.O=CO. The molecule has 3 N–H and O–H groups in total. The van der Waals surface area contributed by atoms with Crippen LogP contribution in [0.15, 0.2) is 30.3 Å². The lowest BCUT2D eigenvalue weighted by molar-refractivity contribution is -0.128. The molecule has 2 rings (SSSR count). The first-order valence-corrected chi connectivity index (χ1v) is 11.3. The van der Waals surface area contributed by atoms with Crippen molar-refractivity contribution in [2.24, 2.45) is 11.8 Å². The molecule has 9 heteroatoms. The van der Waals surface area contributed by atoms with Crippen LogP contribution >= 0.6 is 0 Å². The smallest absolute Gasteiger partial charge is 0.290 e. The number of sulfonamides is 1. The third kappa shape index (κ3) is 9.38. The van der Waals surface area contributed by atoms with Crippen LogP contribution < -0.4 is 10.0 Å². The molecule has 1 saturated carbocycles. The van der Waals surface area contributed by atoms with Crippen molar-refractivity contribution in [3.05, 3.63) is 35.9 Å². The summed E-state index contributed by atoms with van der Waals surface area (Å²) in [5.41, 5.74) is 0.746. The minimum Gasteiger partial charge on any atom is -0.483 e. The highest BCUT2D eigenvalue weighted by molar-refractivity contribution is 7.88. The third-order valence-electron chi connectivity index (χ3n) is 4.68. The van der Waals surface area contributed by atoms with E-state index in [9.17, 15) is 13.2 Å². The molecule has 164 valence electrons. The van der Waals surface area contributed by atoms with Gasteiger partial charge in [-0.25, -0.2) is 13.1 Å². The molecule has 0 radical (unpaired) electrons. The number of hydrogen-bond donors (Lipinski definition) is 3. The first-order chi connectivity index (χ1) is 13.7. The van der Waals surface area contributed by atoms with Crippen molar-refractivity contribution in [3.8, 4) is 0 Å². The van der Waals surface area contributed by atoms with Crippen molar-refractivity contribution in [1.29, 1.82) is 0 Å². The van der Waals surface area contributed by atoms with E-state index in [0.717, 1.165) is 5.56 Å². The van der Waals surface area contributed by atoms with Crippen molar-refractivity contribution < 1.29 is 27.9 Å². The molecule has 1 aliphatic rings. The van der Waals surface area contributed by atoms with Crippen LogP contribution in [0.5, 0.6) is 0 Å². The zero-order valence-corrected chi connectivity index (χ0v) is 18.0. The van der Waals surface area contributed by atoms with E-state index in [0.29, 0.717) is 31.7 Å². The monoisotopic (exact) mass is 428 g/mol. The van der Waals surface area contributed by atoms with Gasteiger partial charge in [-0.1, -0.05) is 44.2 Å². The quantitative estimate of drug-likeness (QED) is 0.543. The van der Waals surface area contributed by atoms with Crippen LogP contribution in [-0.2, 0) is 30.1 Å². The van der Waals surface area contributed by atoms with Crippen LogP contribution in [0.3, 0.4) is 0 Å². The predicted molar refractivity (Wildman–Crippen MR) is 111 cm³/mol. The summed E-state index contributed by atoms with van der Waals surface area (Å²) >= 11 is 0. The van der Waals surface area contributed by atoms with E-state index in [-0.39, 0.29) is 36.2 Å². The van der Waals surface area contributed by atoms with Crippen molar-refractivity contribution in [3.63, 3.8) is 0 Å². The van der Waals surface area contributed by atoms with E-state index < -0.39 is 10.0 Å². The number of carbonyl (C=O) groups is 2. The first-order valence-electron chi connectivity index (χ1n) is 9.64. The van der Waals surface area contributed by atoms with Gasteiger partial charge in [0.05, 0.1) is 11.9 Å². The number of benzene rings is 1. The molecular weight excluding hydrogens is 396 g/mol. The molecule has 0 bridgehead atoms. The molecule has 1 aromatic rings. The largest absolute Gasteiger partial charge is 0.483 e. The fraction of sp³-hybridized carbons (Fsp3) is 0.600. The zero-order chi connectivity index (χ0) is 21.9. The zero-order valence-electron chi connectivity index (χ0n) is 17.2. The maximum absolute atomic E-state index is 12.5. The van der Waals surface area contributed by atoms with E-state index in [1.807, 2.05) is 18.2 Å². The summed E-state index contributed by atoms with van der Waals surface area (Å²) in [5.74, 6) is 0.247. The van der Waals surface area contributed by atoms with Gasteiger partial charge in [0.1, 0.15) is 0 Å². The average Bonchev–Trinajstić information content (AvgIpc) is 2.67. The Morgan fingerprint density at radius 1 is 1.28 bits per heavy atom. The lowest BCUT2D eigenvalue weighted by Gasteiger charge is -2.35. The van der Waals surface area contributed by atoms with Crippen LogP contribution in [0, 0.1) is 11.8 Å². The summed E-state index contributed by atoms with van der Waals surface area (Å²) in [6, 6.07) is 8.79. The van der Waals surface area contributed by atoms with Crippen molar-refractivity contribution in [1.82, 2.24) is 10.0 Å². The molecule has 0 aromatic heterocycles. The highest BCUT2D eigenvalue weighted by Crippen LogP contribution is 2.27. The lowest BCUT2D eigenvalue weighted by atomic mass is 9.83. The van der Waals surface area contributed by atoms with Gasteiger partial charge in [-0.2, -0.15) is 0 Å². The first kappa shape index (κ1) is 25.1. The number of carboxylic acid groups (broad SMARTS) is 1. The Hall–Kier alpha value is -1.97. The second kappa shape index (κ2) is 12.6. The number of nitrogens with one attached hydrogen (secondary N) is 2. The summed E-state index contributed by atoms with van der Waals surface area (Å²) in [5, 5.41) is 9.85. The average molecular weight is 429 g/mol. The van der Waals surface area contributed by atoms with Gasteiger partial charge in [0, 0.05) is 25.6 Å². The van der Waals surface area contributed by atoms with Gasteiger partial charge in [-0.15, -0.1) is 0 Å². The van der Waals surface area contributed by atoms with Crippen molar-refractivity contribution in [2.75, 3.05) is 13.7 Å². The number of carbonyl (C=O) groups excluding carboxylic acids is 1. The molecule has 3 atom stereocenters. The summed E-state index contributed by atoms with van der Waals surface area (Å²) < 4.78 is 33.2. The number of ether oxygens (including phenoxy) is 1. The van der Waals surface area contributed by atoms with Crippen molar-refractivity contribution >= 4 is 22.4 Å². The Labute approximate surface area is 173 Å². The fourth-order valence-electron chi connectivity index (χ4n) is 3.28. The predicted octanol–water partition coefficient (Wildman–Crippen LogP) is 1.76. The number of rotatable bonds is 8. The highest BCUT2D eigenvalue weighted by atomic mass is 32.2. The molecule has 1 amide bonds. The summed E-state index contributed by atoms with van der Waals surface area (Å²) in [4.78, 5) is 20.7. The lowest BCUT2D eigenvalue weighted by Crippen LogP contribution is -2.50. The summed E-state index contributed by atoms with van der Waals surface area (Å²) in [6.45, 7) is 4.51. The van der Waals surface area contributed by atoms with Crippen LogP contribution in [0.2, 0.25) is 0 Å². The molecule has 0 heterocycles. The van der Waals surface area contributed by atoms with Crippen LogP contribution in [0.4, 0.5) is 0 Å². The summed E-state index contributed by atoms with van der Waals surface area (Å²) in [7, 11) is -1.90. The Bertz CT molecular complexity index is 724. The van der Waals surface area contributed by atoms with E-state index in [1.165, 1.54) is 0 Å². The van der Waals surface area contributed by atoms with Crippen LogP contribution in [0.25, 0.3) is 0 Å². The minimum atomic E-state index is -3.47. The van der Waals surface area contributed by atoms with Gasteiger partial charge >= 0.3 is 0 Å². The number of amides is 1. The molecule has 8 nitrogen and oxygen atoms in total. The molecule has 29 heavy (non-hydrogen) atoms. The Morgan fingerprint density at radius 2 is 1.90 bits per heavy atom. The van der Waals surface area contributed by atoms with E-state index in [2.05, 4.69) is 23.9 Å². The molecule has 1 fully saturated rings. The van der Waals surface area contributed by atoms with Gasteiger partial charge < -0.3 is 15.2 Å². The van der Waals surface area contributed by atoms with Gasteiger partial charge in [-0.3, -0.25) is 9.59 Å². The van der Waals surface area contributed by atoms with Crippen LogP contribution in [0.1, 0.15) is 38.7 Å². The molecular formula is C20H32N2O6S. The Balaban J connectivity index is 0.00000132. The van der Waals surface area contributed by atoms with Gasteiger partial charge in [0.15, 0.2) is 0 Å². The molecule has 0 unspecified atom stereocenters. The third-order valence-corrected chi connectivity index (χ3v) is 6.06. The van der Waals surface area contributed by atoms with Crippen LogP contribution in [-0.4, -0.2) is 51.7 Å². The van der Waals surface area contributed by atoms with E-state index in [4.69, 9.17) is 14.6 Å². The van der Waals surface area contributed by atoms with Gasteiger partial charge in [0.2, 0.25) is 15.9 Å². The van der Waals surface area contributed by atoms with E-state index in [1.54, 1.807) is 19.2 Å². The minimum absolute atomic E-state index is 0.0337. The standard InChI is InChI=1S/C19H30N2O4S.CH2O2/c1-14(2)12-20-19(22)16-9-10-17(18(11-16)25-3)21-26(23,24)13-15-7-5-4-6-8-15;2-1-3/h4-8,14,16-18,21H,9-13H2,1-3H3,(H,20,22);1H,(H,2,3)/t16-,17-,18-;/m0./s1.